The molecule has 2 aliphatic rings. The molecule has 8 rings (SSSR count). The van der Waals surface area contributed by atoms with E-state index in [2.05, 4.69) is 20.1 Å². The molecule has 4 aromatic carbocycles. The number of rotatable bonds is 10. The summed E-state index contributed by atoms with van der Waals surface area (Å²) in [6.07, 6.45) is 3.85. The van der Waals surface area contributed by atoms with Gasteiger partial charge in [-0.15, -0.1) is 0 Å². The summed E-state index contributed by atoms with van der Waals surface area (Å²) in [6.45, 7) is 5.99. The monoisotopic (exact) mass is 757 g/mol. The lowest BCUT2D eigenvalue weighted by atomic mass is 9.93. The molecule has 2 amide bonds. The van der Waals surface area contributed by atoms with E-state index in [-0.39, 0.29) is 29.1 Å². The van der Waals surface area contributed by atoms with E-state index in [1.54, 1.807) is 30.6 Å². The van der Waals surface area contributed by atoms with Crippen molar-refractivity contribution in [3.8, 4) is 0 Å². The minimum atomic E-state index is -3.67. The average Bonchev–Trinajstić information content (AvgIpc) is 3.57. The van der Waals surface area contributed by atoms with Crippen LogP contribution in [-0.2, 0) is 10.1 Å². The van der Waals surface area contributed by atoms with E-state index in [0.717, 1.165) is 51.2 Å². The van der Waals surface area contributed by atoms with Gasteiger partial charge in [0.1, 0.15) is 12.1 Å². The number of non-ortho nitro benzene ring substituents is 1. The fraction of sp³-hybridized carbons (Fsp3) is 0.297. The van der Waals surface area contributed by atoms with Crippen LogP contribution < -0.4 is 10.7 Å². The van der Waals surface area contributed by atoms with Gasteiger partial charge in [-0.05, 0) is 67.7 Å². The molecule has 0 atom stereocenters. The van der Waals surface area contributed by atoms with Crippen LogP contribution in [0.3, 0.4) is 0 Å². The van der Waals surface area contributed by atoms with Crippen molar-refractivity contribution in [2.24, 2.45) is 0 Å². The molecule has 17 heteroatoms. The van der Waals surface area contributed by atoms with Crippen molar-refractivity contribution >= 4 is 71.4 Å². The van der Waals surface area contributed by atoms with Crippen molar-refractivity contribution in [3.63, 3.8) is 0 Å². The summed E-state index contributed by atoms with van der Waals surface area (Å²) in [6, 6.07) is 15.7. The third-order valence-electron chi connectivity index (χ3n) is 9.81. The second-order valence-corrected chi connectivity index (χ2v) is 14.9. The van der Waals surface area contributed by atoms with Crippen LogP contribution in [0.15, 0.2) is 71.8 Å². The van der Waals surface area contributed by atoms with Gasteiger partial charge in [0.2, 0.25) is 0 Å². The van der Waals surface area contributed by atoms with Gasteiger partial charge in [0.05, 0.1) is 38.7 Å². The van der Waals surface area contributed by atoms with Gasteiger partial charge in [-0.3, -0.25) is 38.4 Å². The number of nitro groups is 1. The zero-order valence-corrected chi connectivity index (χ0v) is 30.0. The summed E-state index contributed by atoms with van der Waals surface area (Å²) in [5, 5.41) is 16.7. The van der Waals surface area contributed by atoms with Crippen LogP contribution in [0.25, 0.3) is 38.1 Å². The Hall–Kier alpha value is -5.62. The van der Waals surface area contributed by atoms with E-state index in [4.69, 9.17) is 4.55 Å². The van der Waals surface area contributed by atoms with E-state index < -0.39 is 26.8 Å². The molecule has 0 spiro atoms. The van der Waals surface area contributed by atoms with Crippen LogP contribution >= 0.6 is 0 Å². The number of imide groups is 1. The molecule has 0 radical (unpaired) electrons. The zero-order valence-electron chi connectivity index (χ0n) is 29.2. The molecule has 0 saturated carbocycles. The summed E-state index contributed by atoms with van der Waals surface area (Å²) in [7, 11) is -3.67. The lowest BCUT2D eigenvalue weighted by Crippen LogP contribution is -2.48. The fourth-order valence-corrected chi connectivity index (χ4v) is 7.37. The molecule has 0 aliphatic carbocycles. The Morgan fingerprint density at radius 3 is 2.28 bits per heavy atom. The van der Waals surface area contributed by atoms with E-state index in [1.807, 2.05) is 16.5 Å². The molecule has 0 bridgehead atoms. The summed E-state index contributed by atoms with van der Waals surface area (Å²) in [5.41, 5.74) is 2.98. The highest BCUT2D eigenvalue weighted by molar-refractivity contribution is 7.85. The number of benzene rings is 4. The maximum atomic E-state index is 14.0. The normalized spacial score (nSPS) is 15.4. The van der Waals surface area contributed by atoms with Gasteiger partial charge in [0, 0.05) is 73.4 Å². The number of hydrogen-bond acceptors (Lipinski definition) is 11. The number of anilines is 1. The topological polar surface area (TPSA) is 188 Å². The van der Waals surface area contributed by atoms with Gasteiger partial charge >= 0.3 is 0 Å². The molecular weight excluding hydrogens is 722 g/mol. The summed E-state index contributed by atoms with van der Waals surface area (Å²) >= 11 is 0. The van der Waals surface area contributed by atoms with E-state index in [9.17, 15) is 37.3 Å². The third kappa shape index (κ3) is 7.30. The number of imidazole rings is 1. The maximum absolute atomic E-state index is 14.0. The Morgan fingerprint density at radius 1 is 0.889 bits per heavy atom. The lowest BCUT2D eigenvalue weighted by molar-refractivity contribution is -0.384. The molecule has 2 aromatic heterocycles. The van der Waals surface area contributed by atoms with Gasteiger partial charge in [-0.1, -0.05) is 12.1 Å². The highest BCUT2D eigenvalue weighted by Gasteiger charge is 2.34. The smallest absolute Gasteiger partial charge is 0.270 e. The van der Waals surface area contributed by atoms with Gasteiger partial charge in [0.15, 0.2) is 5.43 Å². The van der Waals surface area contributed by atoms with Crippen LogP contribution in [0.4, 0.5) is 15.8 Å². The van der Waals surface area contributed by atoms with Crippen LogP contribution in [0.1, 0.15) is 33.6 Å². The summed E-state index contributed by atoms with van der Waals surface area (Å²) in [5.74, 6) is -1.31. The predicted molar refractivity (Wildman–Crippen MR) is 202 cm³/mol. The van der Waals surface area contributed by atoms with Crippen LogP contribution in [-0.4, -0.2) is 112 Å². The minimum absolute atomic E-state index is 0.172. The van der Waals surface area contributed by atoms with Crippen LogP contribution in [0.5, 0.6) is 0 Å². The standard InChI is InChI=1S/C36H32FN7O5.CH4O3S/c37-23-6-9-30-26(19-23)34(45)32-28(7-8-29-33(32)43(30)21-39-29)38-10-2-11-40-14-16-41(17-15-40)12-3-13-42-35(46)25-5-1-4-22-18-24(44(48)49)20-27(31(22)25)36(42)47;1-5(2,3)4/h1,4-9,18-21,38H,2-3,10-17H2;1H3,(H,2,3,4). The molecule has 4 heterocycles. The van der Waals surface area contributed by atoms with Gasteiger partial charge in [-0.25, -0.2) is 9.37 Å². The van der Waals surface area contributed by atoms with Gasteiger partial charge in [0.25, 0.3) is 27.6 Å². The Balaban J connectivity index is 0.000000846. The Morgan fingerprint density at radius 2 is 1.57 bits per heavy atom. The highest BCUT2D eigenvalue weighted by atomic mass is 32.2. The Bertz CT molecular complexity index is 2620. The van der Waals surface area contributed by atoms with Crippen molar-refractivity contribution in [1.29, 1.82) is 0 Å². The number of halogens is 1. The first-order valence-corrected chi connectivity index (χ1v) is 19.2. The number of nitro benzene ring substituents is 1. The van der Waals surface area contributed by atoms with Crippen LogP contribution in [0.2, 0.25) is 0 Å². The molecule has 2 N–H and O–H groups in total. The van der Waals surface area contributed by atoms with E-state index >= 15 is 0 Å². The minimum Gasteiger partial charge on any atom is -0.384 e. The van der Waals surface area contributed by atoms with Crippen molar-refractivity contribution in [2.75, 3.05) is 63.9 Å². The number of aromatic nitrogens is 2. The van der Waals surface area contributed by atoms with Gasteiger partial charge in [-0.2, -0.15) is 8.42 Å². The summed E-state index contributed by atoms with van der Waals surface area (Å²) < 4.78 is 41.8. The molecule has 54 heavy (non-hydrogen) atoms. The molecule has 1 saturated heterocycles. The first-order valence-electron chi connectivity index (χ1n) is 17.3. The molecular formula is C37H36FN7O8S. The number of carbonyl (C=O) groups excluding carboxylic acids is 2. The number of piperazine rings is 1. The van der Waals surface area contributed by atoms with Crippen molar-refractivity contribution < 1.29 is 31.9 Å². The second-order valence-electron chi connectivity index (χ2n) is 13.4. The largest absolute Gasteiger partial charge is 0.384 e. The molecule has 280 valence electrons. The molecule has 0 unspecified atom stereocenters. The number of hydrogen-bond donors (Lipinski definition) is 2. The average molecular weight is 758 g/mol. The Kier molecular flexibility index (Phi) is 9.97. The quantitative estimate of drug-likeness (QED) is 0.0506. The van der Waals surface area contributed by atoms with Gasteiger partial charge < -0.3 is 15.1 Å². The van der Waals surface area contributed by atoms with Crippen molar-refractivity contribution in [1.82, 2.24) is 24.1 Å². The number of fused-ring (bicyclic) bond motifs is 2. The summed E-state index contributed by atoms with van der Waals surface area (Å²) in [4.78, 5) is 61.4. The number of carbonyl (C=O) groups is 2. The Labute approximate surface area is 307 Å². The third-order valence-corrected chi connectivity index (χ3v) is 9.81. The molecule has 2 aliphatic heterocycles. The molecule has 6 aromatic rings. The first-order chi connectivity index (χ1) is 25.8. The highest BCUT2D eigenvalue weighted by Crippen LogP contribution is 2.34. The van der Waals surface area contributed by atoms with Crippen molar-refractivity contribution in [3.05, 3.63) is 104 Å². The SMILES string of the molecule is CS(=O)(=O)O.O=C1c2cccc3cc([N+](=O)[O-])cc(c23)C(=O)N1CCCN1CCN(CCCNc2ccc3ncn4c5ccc(F)cc5c(=O)c2c34)CC1. The predicted octanol–water partition coefficient (Wildman–Crippen LogP) is 4.25. The fourth-order valence-electron chi connectivity index (χ4n) is 7.37. The first kappa shape index (κ1) is 36.7. The van der Waals surface area contributed by atoms with Crippen molar-refractivity contribution in [2.45, 2.75) is 12.8 Å². The zero-order chi connectivity index (χ0) is 38.3. The maximum Gasteiger partial charge on any atom is 0.270 e. The van der Waals surface area contributed by atoms with E-state index in [1.165, 1.54) is 29.2 Å². The lowest BCUT2D eigenvalue weighted by Gasteiger charge is -2.35. The number of nitrogens with zero attached hydrogens (tertiary/aromatic N) is 6. The van der Waals surface area contributed by atoms with E-state index in [0.29, 0.717) is 63.1 Å². The number of pyridine rings is 1. The van der Waals surface area contributed by atoms with Crippen LogP contribution in [0, 0.1) is 15.9 Å². The molecule has 15 nitrogen and oxygen atoms in total. The number of amides is 2. The molecule has 1 fully saturated rings. The second kappa shape index (κ2) is 14.7. The number of nitrogens with one attached hydrogen (secondary N) is 1.